The minimum Gasteiger partial charge on any atom is -0.345 e. The number of nitrogens with zero attached hydrogens (tertiary/aromatic N) is 4. The van der Waals surface area contributed by atoms with E-state index in [9.17, 15) is 4.79 Å². The predicted octanol–water partition coefficient (Wildman–Crippen LogP) is 3.06. The third-order valence-corrected chi connectivity index (χ3v) is 6.48. The largest absolute Gasteiger partial charge is 0.345 e. The minimum absolute atomic E-state index is 0.0437. The fourth-order valence-corrected chi connectivity index (χ4v) is 4.15. The van der Waals surface area contributed by atoms with E-state index in [1.165, 1.54) is 6.42 Å². The molecule has 1 atom stereocenters. The Bertz CT molecular complexity index is 561. The number of amides is 1. The van der Waals surface area contributed by atoms with Gasteiger partial charge in [0.1, 0.15) is 5.01 Å². The summed E-state index contributed by atoms with van der Waals surface area (Å²) in [7, 11) is 1.98. The molecule has 0 aromatic carbocycles. The number of piperidine rings is 1. The van der Waals surface area contributed by atoms with Gasteiger partial charge in [0.2, 0.25) is 11.0 Å². The van der Waals surface area contributed by atoms with Crippen molar-refractivity contribution in [3.05, 3.63) is 5.01 Å². The van der Waals surface area contributed by atoms with Crippen LogP contribution in [0.2, 0.25) is 0 Å². The molecule has 0 spiro atoms. The molecule has 2 heterocycles. The van der Waals surface area contributed by atoms with Crippen LogP contribution in [-0.2, 0) is 10.2 Å². The Labute approximate surface area is 143 Å². The molecule has 128 valence electrons. The molecule has 0 N–H and O–H groups in total. The van der Waals surface area contributed by atoms with Gasteiger partial charge in [0, 0.05) is 37.5 Å². The molecule has 23 heavy (non-hydrogen) atoms. The molecule has 1 saturated heterocycles. The van der Waals surface area contributed by atoms with Crippen molar-refractivity contribution in [2.45, 2.75) is 64.3 Å². The van der Waals surface area contributed by atoms with Gasteiger partial charge in [-0.2, -0.15) is 0 Å². The van der Waals surface area contributed by atoms with Gasteiger partial charge >= 0.3 is 0 Å². The highest BCUT2D eigenvalue weighted by atomic mass is 32.1. The van der Waals surface area contributed by atoms with E-state index in [0.717, 1.165) is 48.9 Å². The fraction of sp³-hybridized carbons (Fsp3) is 0.824. The molecule has 1 aliphatic carbocycles. The number of hydrogen-bond donors (Lipinski definition) is 0. The smallest absolute Gasteiger partial charge is 0.225 e. The zero-order valence-corrected chi connectivity index (χ0v) is 15.5. The SMILES string of the molecule is CN(C(=O)C1CCC1)C1CCCN(c2nnc(C(C)(C)C)s2)C1. The average molecular weight is 337 g/mol. The Morgan fingerprint density at radius 2 is 1.96 bits per heavy atom. The van der Waals surface area contributed by atoms with Crippen molar-refractivity contribution in [2.75, 3.05) is 25.0 Å². The van der Waals surface area contributed by atoms with Crippen LogP contribution in [0, 0.1) is 5.92 Å². The van der Waals surface area contributed by atoms with Gasteiger partial charge in [-0.05, 0) is 25.7 Å². The van der Waals surface area contributed by atoms with Crippen LogP contribution in [-0.4, -0.2) is 47.2 Å². The summed E-state index contributed by atoms with van der Waals surface area (Å²) in [6.07, 6.45) is 5.56. The summed E-state index contributed by atoms with van der Waals surface area (Å²) in [5, 5.41) is 10.8. The third kappa shape index (κ3) is 3.52. The normalized spacial score (nSPS) is 22.8. The summed E-state index contributed by atoms with van der Waals surface area (Å²) < 4.78 is 0. The summed E-state index contributed by atoms with van der Waals surface area (Å²) in [4.78, 5) is 16.8. The lowest BCUT2D eigenvalue weighted by molar-refractivity contribution is -0.139. The van der Waals surface area contributed by atoms with Gasteiger partial charge in [-0.3, -0.25) is 4.79 Å². The van der Waals surface area contributed by atoms with Crippen molar-refractivity contribution in [1.29, 1.82) is 0 Å². The van der Waals surface area contributed by atoms with Gasteiger partial charge in [-0.15, -0.1) is 10.2 Å². The van der Waals surface area contributed by atoms with Crippen molar-refractivity contribution in [2.24, 2.45) is 5.92 Å². The molecule has 6 heteroatoms. The van der Waals surface area contributed by atoms with E-state index in [1.807, 2.05) is 11.9 Å². The van der Waals surface area contributed by atoms with Gasteiger partial charge in [0.15, 0.2) is 0 Å². The first kappa shape index (κ1) is 16.7. The maximum atomic E-state index is 12.5. The molecular formula is C17H28N4OS. The van der Waals surface area contributed by atoms with Gasteiger partial charge in [-0.1, -0.05) is 38.5 Å². The summed E-state index contributed by atoms with van der Waals surface area (Å²) >= 11 is 1.69. The van der Waals surface area contributed by atoms with E-state index in [-0.39, 0.29) is 11.3 Å². The zero-order valence-electron chi connectivity index (χ0n) is 14.7. The summed E-state index contributed by atoms with van der Waals surface area (Å²) in [5.41, 5.74) is 0.0437. The second kappa shape index (κ2) is 6.38. The van der Waals surface area contributed by atoms with Crippen molar-refractivity contribution in [3.8, 4) is 0 Å². The summed E-state index contributed by atoms with van der Waals surface area (Å²) in [5.74, 6) is 0.625. The molecule has 1 aliphatic heterocycles. The summed E-state index contributed by atoms with van der Waals surface area (Å²) in [6, 6.07) is 0.304. The second-order valence-corrected chi connectivity index (χ2v) is 8.91. The maximum Gasteiger partial charge on any atom is 0.225 e. The van der Waals surface area contributed by atoms with E-state index in [1.54, 1.807) is 11.3 Å². The third-order valence-electron chi connectivity index (χ3n) is 5.07. The molecule has 1 saturated carbocycles. The number of anilines is 1. The number of rotatable bonds is 3. The topological polar surface area (TPSA) is 49.3 Å². The molecule has 1 aromatic heterocycles. The van der Waals surface area contributed by atoms with Crippen molar-refractivity contribution < 1.29 is 4.79 Å². The number of carbonyl (C=O) groups excluding carboxylic acids is 1. The Morgan fingerprint density at radius 1 is 1.22 bits per heavy atom. The van der Waals surface area contributed by atoms with Crippen molar-refractivity contribution in [3.63, 3.8) is 0 Å². The molecular weight excluding hydrogens is 308 g/mol. The number of likely N-dealkylation sites (N-methyl/N-ethyl adjacent to an activating group) is 1. The van der Waals surface area contributed by atoms with Crippen LogP contribution in [0.25, 0.3) is 0 Å². The zero-order chi connectivity index (χ0) is 16.6. The minimum atomic E-state index is 0.0437. The summed E-state index contributed by atoms with van der Waals surface area (Å²) in [6.45, 7) is 8.40. The highest BCUT2D eigenvalue weighted by Gasteiger charge is 2.33. The maximum absolute atomic E-state index is 12.5. The first-order valence-corrected chi connectivity index (χ1v) is 9.53. The molecule has 1 unspecified atom stereocenters. The molecule has 1 amide bonds. The highest BCUT2D eigenvalue weighted by Crippen LogP contribution is 2.33. The predicted molar refractivity (Wildman–Crippen MR) is 94.0 cm³/mol. The van der Waals surface area contributed by atoms with E-state index >= 15 is 0 Å². The Hall–Kier alpha value is -1.17. The molecule has 0 bridgehead atoms. The van der Waals surface area contributed by atoms with Crippen LogP contribution >= 0.6 is 11.3 Å². The van der Waals surface area contributed by atoms with Crippen LogP contribution in [0.15, 0.2) is 0 Å². The van der Waals surface area contributed by atoms with Gasteiger partial charge < -0.3 is 9.80 Å². The lowest BCUT2D eigenvalue weighted by atomic mass is 9.84. The quantitative estimate of drug-likeness (QED) is 0.851. The van der Waals surface area contributed by atoms with Gasteiger partial charge in [-0.25, -0.2) is 0 Å². The number of hydrogen-bond acceptors (Lipinski definition) is 5. The highest BCUT2D eigenvalue weighted by molar-refractivity contribution is 7.15. The van der Waals surface area contributed by atoms with Crippen LogP contribution < -0.4 is 4.90 Å². The Morgan fingerprint density at radius 3 is 2.52 bits per heavy atom. The molecule has 0 radical (unpaired) electrons. The van der Waals surface area contributed by atoms with Gasteiger partial charge in [0.05, 0.1) is 0 Å². The van der Waals surface area contributed by atoms with Crippen LogP contribution in [0.5, 0.6) is 0 Å². The number of aromatic nitrogens is 2. The number of carbonyl (C=O) groups is 1. The van der Waals surface area contributed by atoms with E-state index in [4.69, 9.17) is 0 Å². The van der Waals surface area contributed by atoms with Gasteiger partial charge in [0.25, 0.3) is 0 Å². The molecule has 1 aromatic rings. The first-order chi connectivity index (χ1) is 10.9. The first-order valence-electron chi connectivity index (χ1n) is 8.72. The van der Waals surface area contributed by atoms with E-state index in [0.29, 0.717) is 11.9 Å². The fourth-order valence-electron chi connectivity index (χ4n) is 3.21. The second-order valence-electron chi connectivity index (χ2n) is 7.96. The molecule has 2 fully saturated rings. The van der Waals surface area contributed by atoms with E-state index < -0.39 is 0 Å². The van der Waals surface area contributed by atoms with Crippen molar-refractivity contribution >= 4 is 22.4 Å². The lowest BCUT2D eigenvalue weighted by Crippen LogP contribution is -2.50. The lowest BCUT2D eigenvalue weighted by Gasteiger charge is -2.39. The Kier molecular flexibility index (Phi) is 4.63. The molecule has 5 nitrogen and oxygen atoms in total. The van der Waals surface area contributed by atoms with Crippen LogP contribution in [0.4, 0.5) is 5.13 Å². The van der Waals surface area contributed by atoms with Crippen LogP contribution in [0.3, 0.4) is 0 Å². The van der Waals surface area contributed by atoms with E-state index in [2.05, 4.69) is 35.9 Å². The van der Waals surface area contributed by atoms with Crippen molar-refractivity contribution in [1.82, 2.24) is 15.1 Å². The van der Waals surface area contributed by atoms with Crippen LogP contribution in [0.1, 0.15) is 57.9 Å². The molecule has 2 aliphatic rings. The Balaban J connectivity index is 1.65. The average Bonchev–Trinajstić information content (AvgIpc) is 2.94. The standard InChI is InChI=1S/C17H28N4OS/c1-17(2,3)15-18-19-16(23-15)21-10-6-9-13(11-21)20(4)14(22)12-7-5-8-12/h12-13H,5-11H2,1-4H3. The molecule has 3 rings (SSSR count). The monoisotopic (exact) mass is 336 g/mol.